The lowest BCUT2D eigenvalue weighted by molar-refractivity contribution is -0.136. The van der Waals surface area contributed by atoms with Crippen molar-refractivity contribution in [1.29, 1.82) is 0 Å². The third kappa shape index (κ3) is 4.96. The van der Waals surface area contributed by atoms with Crippen LogP contribution in [-0.4, -0.2) is 33.1 Å². The Labute approximate surface area is 181 Å². The number of halogens is 2. The molecule has 1 aliphatic heterocycles. The highest BCUT2D eigenvalue weighted by Crippen LogP contribution is 2.42. The van der Waals surface area contributed by atoms with Gasteiger partial charge in [0.05, 0.1) is 11.7 Å². The van der Waals surface area contributed by atoms with Gasteiger partial charge in [-0.15, -0.1) is 0 Å². The highest BCUT2D eigenvalue weighted by molar-refractivity contribution is 6.73. The van der Waals surface area contributed by atoms with Crippen LogP contribution in [0.3, 0.4) is 0 Å². The summed E-state index contributed by atoms with van der Waals surface area (Å²) in [5.74, 6) is 0. The molecule has 0 amide bonds. The van der Waals surface area contributed by atoms with Crippen LogP contribution in [0.2, 0.25) is 28.2 Å². The van der Waals surface area contributed by atoms with Gasteiger partial charge < -0.3 is 14.5 Å². The molecular formula is C22H35Cl2NO2Si. The largest absolute Gasteiger partial charge is 0.409 e. The molecule has 0 aromatic heterocycles. The predicted octanol–water partition coefficient (Wildman–Crippen LogP) is 6.75. The molecular weight excluding hydrogens is 409 g/mol. The third-order valence-electron chi connectivity index (χ3n) is 7.00. The summed E-state index contributed by atoms with van der Waals surface area (Å²) in [7, 11) is -1.80. The summed E-state index contributed by atoms with van der Waals surface area (Å²) in [4.78, 5) is 0. The smallest absolute Gasteiger partial charge is 0.192 e. The highest BCUT2D eigenvalue weighted by Gasteiger charge is 2.42. The normalized spacial score (nSPS) is 22.8. The first-order chi connectivity index (χ1) is 13.5. The molecule has 28 heavy (non-hydrogen) atoms. The van der Waals surface area contributed by atoms with Crippen LogP contribution in [0.15, 0.2) is 18.2 Å². The van der Waals surface area contributed by atoms with Crippen molar-refractivity contribution in [2.75, 3.05) is 13.2 Å². The van der Waals surface area contributed by atoms with E-state index in [1.54, 1.807) is 0 Å². The van der Waals surface area contributed by atoms with Gasteiger partial charge in [-0.05, 0) is 62.4 Å². The van der Waals surface area contributed by atoms with Crippen LogP contribution < -0.4 is 5.32 Å². The Balaban J connectivity index is 1.76. The number of ether oxygens (including phenoxy) is 1. The molecule has 1 N–H and O–H groups in total. The lowest BCUT2D eigenvalue weighted by Crippen LogP contribution is -2.51. The lowest BCUT2D eigenvalue weighted by Gasteiger charge is -2.47. The second kappa shape index (κ2) is 9.80. The number of hydrogen-bond acceptors (Lipinski definition) is 3. The second-order valence-corrected chi connectivity index (χ2v) is 14.0. The third-order valence-corrected chi connectivity index (χ3v) is 12.3. The van der Waals surface area contributed by atoms with Gasteiger partial charge in [0, 0.05) is 34.8 Å². The molecule has 2 unspecified atom stereocenters. The number of benzene rings is 1. The van der Waals surface area contributed by atoms with Crippen molar-refractivity contribution in [2.24, 2.45) is 0 Å². The second-order valence-electron chi connectivity index (χ2n) is 8.47. The fourth-order valence-electron chi connectivity index (χ4n) is 4.72. The van der Waals surface area contributed by atoms with Gasteiger partial charge in [-0.3, -0.25) is 0 Å². The van der Waals surface area contributed by atoms with E-state index in [0.717, 1.165) is 49.7 Å². The maximum atomic E-state index is 6.89. The molecule has 3 nitrogen and oxygen atoms in total. The summed E-state index contributed by atoms with van der Waals surface area (Å²) in [5, 5.41) is 5.20. The summed E-state index contributed by atoms with van der Waals surface area (Å²) in [6, 6.07) is 9.55. The molecule has 0 bridgehead atoms. The van der Waals surface area contributed by atoms with E-state index in [-0.39, 0.29) is 11.7 Å². The van der Waals surface area contributed by atoms with E-state index in [1.165, 1.54) is 19.3 Å². The van der Waals surface area contributed by atoms with E-state index in [9.17, 15) is 0 Å². The monoisotopic (exact) mass is 443 g/mol. The van der Waals surface area contributed by atoms with Crippen LogP contribution >= 0.6 is 23.2 Å². The average Bonchev–Trinajstić information content (AvgIpc) is 2.68. The Morgan fingerprint density at radius 3 is 2.36 bits per heavy atom. The van der Waals surface area contributed by atoms with Crippen molar-refractivity contribution in [2.45, 2.75) is 88.8 Å². The molecule has 0 radical (unpaired) electrons. The average molecular weight is 445 g/mol. The fourth-order valence-corrected chi connectivity index (χ4v) is 8.16. The molecule has 2 aliphatic rings. The van der Waals surface area contributed by atoms with Crippen LogP contribution in [0.25, 0.3) is 0 Å². The molecule has 1 aromatic carbocycles. The van der Waals surface area contributed by atoms with Crippen molar-refractivity contribution in [3.05, 3.63) is 33.8 Å². The van der Waals surface area contributed by atoms with Crippen molar-refractivity contribution < 1.29 is 9.16 Å². The summed E-state index contributed by atoms with van der Waals surface area (Å²) in [5.41, 5.74) is 1.08. The van der Waals surface area contributed by atoms with Crippen molar-refractivity contribution in [3.63, 3.8) is 0 Å². The SMILES string of the molecule is CC[Si](CC)(CC)OC(CNC1CCOC2(CCC2)C1)c1c(Cl)cccc1Cl. The van der Waals surface area contributed by atoms with Crippen LogP contribution in [-0.2, 0) is 9.16 Å². The zero-order chi connectivity index (χ0) is 20.2. The number of nitrogens with one attached hydrogen (secondary N) is 1. The van der Waals surface area contributed by atoms with E-state index in [4.69, 9.17) is 32.4 Å². The van der Waals surface area contributed by atoms with E-state index in [1.807, 2.05) is 18.2 Å². The maximum absolute atomic E-state index is 6.89. The molecule has 1 heterocycles. The fraction of sp³-hybridized carbons (Fsp3) is 0.727. The van der Waals surface area contributed by atoms with Crippen molar-refractivity contribution >= 4 is 31.5 Å². The quantitative estimate of drug-likeness (QED) is 0.428. The minimum Gasteiger partial charge on any atom is -0.409 e. The van der Waals surface area contributed by atoms with Crippen LogP contribution in [0.5, 0.6) is 0 Å². The lowest BCUT2D eigenvalue weighted by atomic mass is 9.74. The van der Waals surface area contributed by atoms with Gasteiger partial charge in [0.25, 0.3) is 0 Å². The van der Waals surface area contributed by atoms with Gasteiger partial charge in [0.15, 0.2) is 8.32 Å². The van der Waals surface area contributed by atoms with Gasteiger partial charge in [0.1, 0.15) is 0 Å². The molecule has 158 valence electrons. The van der Waals surface area contributed by atoms with Gasteiger partial charge in [-0.2, -0.15) is 0 Å². The first kappa shape index (κ1) is 22.6. The van der Waals surface area contributed by atoms with Crippen LogP contribution in [0.1, 0.15) is 64.5 Å². The minimum atomic E-state index is -1.80. The molecule has 3 rings (SSSR count). The van der Waals surface area contributed by atoms with Crippen LogP contribution in [0, 0.1) is 0 Å². The van der Waals surface area contributed by atoms with Crippen molar-refractivity contribution in [1.82, 2.24) is 5.32 Å². The Bertz CT molecular complexity index is 621. The predicted molar refractivity (Wildman–Crippen MR) is 121 cm³/mol. The first-order valence-corrected chi connectivity index (χ1v) is 14.2. The standard InChI is InChI=1S/C22H35Cl2NO2Si/c1-4-28(5-2,6-3)27-20(21-18(23)9-7-10-19(21)24)16-25-17-11-14-26-22(15-17)12-8-13-22/h7,9-10,17,20,25H,4-6,8,11-16H2,1-3H3. The molecule has 1 aliphatic carbocycles. The van der Waals surface area contributed by atoms with E-state index >= 15 is 0 Å². The molecule has 6 heteroatoms. The Morgan fingerprint density at radius 2 is 1.82 bits per heavy atom. The minimum absolute atomic E-state index is 0.104. The number of hydrogen-bond donors (Lipinski definition) is 1. The van der Waals surface area contributed by atoms with Gasteiger partial charge in [0.2, 0.25) is 0 Å². The molecule has 2 fully saturated rings. The van der Waals surface area contributed by atoms with Crippen LogP contribution in [0.4, 0.5) is 0 Å². The maximum Gasteiger partial charge on any atom is 0.192 e. The van der Waals surface area contributed by atoms with Gasteiger partial charge in [-0.1, -0.05) is 50.0 Å². The molecule has 1 spiro atoms. The first-order valence-electron chi connectivity index (χ1n) is 11.0. The van der Waals surface area contributed by atoms with E-state index in [2.05, 4.69) is 26.1 Å². The Hall–Kier alpha value is -0.103. The molecule has 1 aromatic rings. The summed E-state index contributed by atoms with van der Waals surface area (Å²) < 4.78 is 13.0. The zero-order valence-corrected chi connectivity index (χ0v) is 20.0. The Morgan fingerprint density at radius 1 is 1.18 bits per heavy atom. The number of rotatable bonds is 9. The molecule has 2 atom stereocenters. The van der Waals surface area contributed by atoms with Gasteiger partial charge >= 0.3 is 0 Å². The van der Waals surface area contributed by atoms with Crippen molar-refractivity contribution in [3.8, 4) is 0 Å². The Kier molecular flexibility index (Phi) is 7.90. The topological polar surface area (TPSA) is 30.5 Å². The molecule has 1 saturated carbocycles. The summed E-state index contributed by atoms with van der Waals surface area (Å²) >= 11 is 13.2. The van der Waals surface area contributed by atoms with Gasteiger partial charge in [-0.25, -0.2) is 0 Å². The summed E-state index contributed by atoms with van der Waals surface area (Å²) in [6.07, 6.45) is 5.77. The molecule has 1 saturated heterocycles. The highest BCUT2D eigenvalue weighted by atomic mass is 35.5. The zero-order valence-electron chi connectivity index (χ0n) is 17.5. The summed E-state index contributed by atoms with van der Waals surface area (Å²) in [6.45, 7) is 8.39. The van der Waals surface area contributed by atoms with E-state index in [0.29, 0.717) is 16.1 Å². The van der Waals surface area contributed by atoms with E-state index < -0.39 is 8.32 Å².